The third kappa shape index (κ3) is 3.18. The normalized spacial score (nSPS) is 11.6. The highest BCUT2D eigenvalue weighted by molar-refractivity contribution is 7.99. The van der Waals surface area contributed by atoms with Crippen LogP contribution < -0.4 is 5.56 Å². The molecule has 0 atom stereocenters. The summed E-state index contributed by atoms with van der Waals surface area (Å²) in [6, 6.07) is 7.59. The molecule has 24 heavy (non-hydrogen) atoms. The molecule has 0 bridgehead atoms. The van der Waals surface area contributed by atoms with Gasteiger partial charge in [-0.15, -0.1) is 10.2 Å². The van der Waals surface area contributed by atoms with E-state index in [0.29, 0.717) is 24.1 Å². The Hall–Kier alpha value is -1.86. The summed E-state index contributed by atoms with van der Waals surface area (Å²) in [6.07, 6.45) is 3.84. The Morgan fingerprint density at radius 1 is 1.17 bits per heavy atom. The molecule has 0 amide bonds. The van der Waals surface area contributed by atoms with Gasteiger partial charge in [-0.2, -0.15) is 0 Å². The van der Waals surface area contributed by atoms with E-state index in [1.807, 2.05) is 28.7 Å². The van der Waals surface area contributed by atoms with Crippen LogP contribution in [0.1, 0.15) is 32.6 Å². The summed E-state index contributed by atoms with van der Waals surface area (Å²) in [5, 5.41) is 19.0. The van der Waals surface area contributed by atoms with Crippen molar-refractivity contribution in [3.05, 3.63) is 34.6 Å². The van der Waals surface area contributed by atoms with Crippen molar-refractivity contribution in [3.63, 3.8) is 0 Å². The number of aliphatic hydroxyl groups is 1. The van der Waals surface area contributed by atoms with E-state index >= 15 is 0 Å². The fourth-order valence-corrected chi connectivity index (χ4v) is 3.64. The number of benzene rings is 1. The molecule has 0 fully saturated rings. The van der Waals surface area contributed by atoms with Crippen LogP contribution in [0.4, 0.5) is 0 Å². The molecule has 0 radical (unpaired) electrons. The van der Waals surface area contributed by atoms with Crippen molar-refractivity contribution < 1.29 is 5.11 Å². The number of nitrogens with zero attached hydrogens (tertiary/aromatic N) is 4. The second kappa shape index (κ2) is 7.81. The molecule has 0 unspecified atom stereocenters. The number of unbranched alkanes of at least 4 members (excludes halogenated alkanes) is 2. The minimum absolute atomic E-state index is 0.00601. The number of thioether (sulfide) groups is 1. The van der Waals surface area contributed by atoms with Crippen LogP contribution >= 0.6 is 11.8 Å². The smallest absolute Gasteiger partial charge is 0.262 e. The largest absolute Gasteiger partial charge is 0.396 e. The van der Waals surface area contributed by atoms with Crippen molar-refractivity contribution in [2.24, 2.45) is 0 Å². The highest BCUT2D eigenvalue weighted by Crippen LogP contribution is 2.22. The highest BCUT2D eigenvalue weighted by atomic mass is 32.2. The number of aliphatic hydroxyl groups excluding tert-OH is 1. The Bertz CT molecular complexity index is 887. The summed E-state index contributed by atoms with van der Waals surface area (Å²) in [5.74, 6) is 1.36. The average molecular weight is 346 g/mol. The van der Waals surface area contributed by atoms with Crippen molar-refractivity contribution in [1.29, 1.82) is 0 Å². The molecule has 7 heteroatoms. The van der Waals surface area contributed by atoms with E-state index in [-0.39, 0.29) is 12.2 Å². The summed E-state index contributed by atoms with van der Waals surface area (Å²) in [4.78, 5) is 12.8. The first kappa shape index (κ1) is 17.0. The van der Waals surface area contributed by atoms with Crippen molar-refractivity contribution in [2.75, 3.05) is 12.4 Å². The van der Waals surface area contributed by atoms with Gasteiger partial charge in [0.25, 0.3) is 5.56 Å². The van der Waals surface area contributed by atoms with Crippen LogP contribution in [0.25, 0.3) is 16.7 Å². The highest BCUT2D eigenvalue weighted by Gasteiger charge is 2.16. The number of hydrogen-bond donors (Lipinski definition) is 1. The van der Waals surface area contributed by atoms with Gasteiger partial charge in [-0.25, -0.2) is 0 Å². The zero-order valence-electron chi connectivity index (χ0n) is 13.8. The monoisotopic (exact) mass is 346 g/mol. The molecule has 0 aliphatic rings. The lowest BCUT2D eigenvalue weighted by Gasteiger charge is -2.11. The van der Waals surface area contributed by atoms with Gasteiger partial charge < -0.3 is 5.11 Å². The van der Waals surface area contributed by atoms with Gasteiger partial charge in [-0.05, 0) is 25.0 Å². The summed E-state index contributed by atoms with van der Waals surface area (Å²) >= 11 is 1.55. The van der Waals surface area contributed by atoms with Crippen LogP contribution in [0.3, 0.4) is 0 Å². The Labute approximate surface area is 144 Å². The van der Waals surface area contributed by atoms with Crippen LogP contribution in [0, 0.1) is 0 Å². The number of aryl methyl sites for hydroxylation is 1. The van der Waals surface area contributed by atoms with E-state index in [4.69, 9.17) is 5.11 Å². The molecular formula is C17H22N4O2S. The van der Waals surface area contributed by atoms with E-state index in [1.54, 1.807) is 16.3 Å². The van der Waals surface area contributed by atoms with Gasteiger partial charge in [0.1, 0.15) is 0 Å². The number of para-hydroxylation sites is 1. The lowest BCUT2D eigenvalue weighted by molar-refractivity contribution is 0.296. The second-order valence-corrected chi connectivity index (χ2v) is 6.79. The van der Waals surface area contributed by atoms with Crippen molar-refractivity contribution in [1.82, 2.24) is 19.2 Å². The molecule has 0 saturated carbocycles. The lowest BCUT2D eigenvalue weighted by Crippen LogP contribution is -2.23. The minimum atomic E-state index is -0.00601. The van der Waals surface area contributed by atoms with Gasteiger partial charge in [-0.1, -0.05) is 43.7 Å². The second-order valence-electron chi connectivity index (χ2n) is 5.72. The number of aromatic nitrogens is 4. The maximum absolute atomic E-state index is 12.8. The third-order valence-corrected chi connectivity index (χ3v) is 5.01. The quantitative estimate of drug-likeness (QED) is 0.501. The number of rotatable bonds is 8. The third-order valence-electron chi connectivity index (χ3n) is 4.00. The predicted molar refractivity (Wildman–Crippen MR) is 96.7 cm³/mol. The molecule has 3 aromatic rings. The Kier molecular flexibility index (Phi) is 5.52. The van der Waals surface area contributed by atoms with Gasteiger partial charge in [0.15, 0.2) is 5.16 Å². The molecule has 1 aromatic carbocycles. The summed E-state index contributed by atoms with van der Waals surface area (Å²) in [5.41, 5.74) is 0.828. The van der Waals surface area contributed by atoms with E-state index in [0.717, 1.165) is 35.7 Å². The van der Waals surface area contributed by atoms with E-state index in [2.05, 4.69) is 17.1 Å². The molecule has 0 spiro atoms. The van der Waals surface area contributed by atoms with E-state index < -0.39 is 0 Å². The molecule has 128 valence electrons. The van der Waals surface area contributed by atoms with E-state index in [1.165, 1.54) is 0 Å². The fraction of sp³-hybridized carbons (Fsp3) is 0.471. The van der Waals surface area contributed by atoms with Gasteiger partial charge >= 0.3 is 0 Å². The van der Waals surface area contributed by atoms with Gasteiger partial charge in [-0.3, -0.25) is 13.8 Å². The Morgan fingerprint density at radius 3 is 2.79 bits per heavy atom. The van der Waals surface area contributed by atoms with Crippen LogP contribution in [0.2, 0.25) is 0 Å². The van der Waals surface area contributed by atoms with Gasteiger partial charge in [0, 0.05) is 18.9 Å². The first-order valence-electron chi connectivity index (χ1n) is 8.38. The standard InChI is InChI=1S/C17H22N4O2S/c1-2-3-6-10-20-15(23)13-8-4-5-9-14(13)21-16(20)18-19-17(21)24-12-7-11-22/h4-5,8-9,22H,2-3,6-7,10-12H2,1H3. The molecule has 0 aliphatic heterocycles. The SMILES string of the molecule is CCCCCn1c(=O)c2ccccc2n2c(SCCCO)nnc12. The van der Waals surface area contributed by atoms with Crippen LogP contribution in [-0.4, -0.2) is 36.6 Å². The topological polar surface area (TPSA) is 72.4 Å². The maximum Gasteiger partial charge on any atom is 0.262 e. The molecule has 1 N–H and O–H groups in total. The summed E-state index contributed by atoms with van der Waals surface area (Å²) in [6.45, 7) is 2.96. The maximum atomic E-state index is 12.8. The average Bonchev–Trinajstić information content (AvgIpc) is 3.02. The van der Waals surface area contributed by atoms with E-state index in [9.17, 15) is 4.79 Å². The molecule has 0 saturated heterocycles. The molecule has 2 aromatic heterocycles. The molecule has 3 rings (SSSR count). The number of fused-ring (bicyclic) bond motifs is 3. The summed E-state index contributed by atoms with van der Waals surface area (Å²) < 4.78 is 3.70. The zero-order valence-corrected chi connectivity index (χ0v) is 14.6. The lowest BCUT2D eigenvalue weighted by atomic mass is 10.2. The molecule has 0 aliphatic carbocycles. The molecule has 6 nitrogen and oxygen atoms in total. The predicted octanol–water partition coefficient (Wildman–Crippen LogP) is 2.71. The fourth-order valence-electron chi connectivity index (χ4n) is 2.78. The zero-order chi connectivity index (χ0) is 16.9. The van der Waals surface area contributed by atoms with Gasteiger partial charge in [0.2, 0.25) is 5.78 Å². The molecular weight excluding hydrogens is 324 g/mol. The Morgan fingerprint density at radius 2 is 2.00 bits per heavy atom. The van der Waals surface area contributed by atoms with Gasteiger partial charge in [0.05, 0.1) is 10.9 Å². The first-order chi connectivity index (χ1) is 11.8. The van der Waals surface area contributed by atoms with Crippen LogP contribution in [-0.2, 0) is 6.54 Å². The minimum Gasteiger partial charge on any atom is -0.396 e. The van der Waals surface area contributed by atoms with Crippen molar-refractivity contribution in [2.45, 2.75) is 44.3 Å². The number of hydrogen-bond acceptors (Lipinski definition) is 5. The first-order valence-corrected chi connectivity index (χ1v) is 9.36. The van der Waals surface area contributed by atoms with Crippen molar-refractivity contribution in [3.8, 4) is 0 Å². The Balaban J connectivity index is 2.15. The summed E-state index contributed by atoms with van der Waals surface area (Å²) in [7, 11) is 0. The van der Waals surface area contributed by atoms with Crippen molar-refractivity contribution >= 4 is 28.4 Å². The van der Waals surface area contributed by atoms with Crippen LogP contribution in [0.15, 0.2) is 34.2 Å². The molecule has 2 heterocycles. The van der Waals surface area contributed by atoms with Crippen LogP contribution in [0.5, 0.6) is 0 Å².